The highest BCUT2D eigenvalue weighted by Gasteiger charge is 2.36. The van der Waals surface area contributed by atoms with Gasteiger partial charge in [-0.2, -0.15) is 0 Å². The van der Waals surface area contributed by atoms with Crippen molar-refractivity contribution < 1.29 is 0 Å². The standard InChI is InChI=1S/C37H25N3/c1-37(2)31-16-15-22(40-33-13-7-5-10-24(33)25-11-6-8-14-34(25)40)19-28(31)29-20-30-27(21-32(29)37)23-9-3-4-12-26(23)35-36(30)39-18-17-38-35/h3-21H,1-2H3. The molecule has 0 radical (unpaired) electrons. The zero-order chi connectivity index (χ0) is 26.6. The third-order valence-electron chi connectivity index (χ3n) is 9.06. The van der Waals surface area contributed by atoms with E-state index in [1.54, 1.807) is 6.20 Å². The van der Waals surface area contributed by atoms with E-state index in [4.69, 9.17) is 9.97 Å². The second kappa shape index (κ2) is 7.55. The van der Waals surface area contributed by atoms with E-state index in [2.05, 4.69) is 122 Å². The first-order valence-corrected chi connectivity index (χ1v) is 13.8. The number of rotatable bonds is 1. The van der Waals surface area contributed by atoms with E-state index in [1.165, 1.54) is 60.5 Å². The first kappa shape index (κ1) is 21.9. The Balaban J connectivity index is 1.38. The van der Waals surface area contributed by atoms with Gasteiger partial charge in [-0.15, -0.1) is 0 Å². The van der Waals surface area contributed by atoms with Crippen molar-refractivity contribution >= 4 is 54.4 Å². The van der Waals surface area contributed by atoms with Crippen molar-refractivity contribution in [2.75, 3.05) is 0 Å². The lowest BCUT2D eigenvalue weighted by Gasteiger charge is -2.22. The predicted octanol–water partition coefficient (Wildman–Crippen LogP) is 9.34. The van der Waals surface area contributed by atoms with E-state index in [0.717, 1.165) is 21.8 Å². The van der Waals surface area contributed by atoms with Crippen molar-refractivity contribution in [2.45, 2.75) is 19.3 Å². The van der Waals surface area contributed by atoms with Gasteiger partial charge >= 0.3 is 0 Å². The van der Waals surface area contributed by atoms with Gasteiger partial charge in [-0.1, -0.05) is 80.6 Å². The maximum atomic E-state index is 4.84. The van der Waals surface area contributed by atoms with Gasteiger partial charge in [0.2, 0.25) is 0 Å². The highest BCUT2D eigenvalue weighted by molar-refractivity contribution is 6.24. The Morgan fingerprint density at radius 1 is 0.500 bits per heavy atom. The number of para-hydroxylation sites is 2. The van der Waals surface area contributed by atoms with Gasteiger partial charge < -0.3 is 4.57 Å². The average Bonchev–Trinajstić information content (AvgIpc) is 3.45. The molecule has 3 nitrogen and oxygen atoms in total. The monoisotopic (exact) mass is 511 g/mol. The molecule has 2 aromatic heterocycles. The van der Waals surface area contributed by atoms with E-state index in [-0.39, 0.29) is 5.41 Å². The molecule has 0 spiro atoms. The maximum absolute atomic E-state index is 4.84. The molecule has 6 aromatic carbocycles. The molecular formula is C37H25N3. The molecule has 8 aromatic rings. The Morgan fingerprint density at radius 2 is 1.07 bits per heavy atom. The van der Waals surface area contributed by atoms with E-state index in [9.17, 15) is 0 Å². The summed E-state index contributed by atoms with van der Waals surface area (Å²) >= 11 is 0. The molecule has 9 rings (SSSR count). The van der Waals surface area contributed by atoms with Crippen LogP contribution >= 0.6 is 0 Å². The maximum Gasteiger partial charge on any atom is 0.0971 e. The summed E-state index contributed by atoms with van der Waals surface area (Å²) in [4.78, 5) is 9.60. The molecular weight excluding hydrogens is 486 g/mol. The second-order valence-electron chi connectivity index (χ2n) is 11.5. The van der Waals surface area contributed by atoms with Crippen LogP contribution in [0.1, 0.15) is 25.0 Å². The van der Waals surface area contributed by atoms with Crippen molar-refractivity contribution in [1.29, 1.82) is 0 Å². The Bertz CT molecular complexity index is 2300. The number of fused-ring (bicyclic) bond motifs is 12. The summed E-state index contributed by atoms with van der Waals surface area (Å²) in [6.45, 7) is 4.71. The highest BCUT2D eigenvalue weighted by atomic mass is 15.0. The van der Waals surface area contributed by atoms with Crippen LogP contribution in [-0.2, 0) is 5.41 Å². The smallest absolute Gasteiger partial charge is 0.0971 e. The fourth-order valence-electron chi connectivity index (χ4n) is 7.20. The van der Waals surface area contributed by atoms with Gasteiger partial charge in [0, 0.05) is 45.0 Å². The van der Waals surface area contributed by atoms with E-state index in [0.29, 0.717) is 0 Å². The van der Waals surface area contributed by atoms with Gasteiger partial charge in [0.15, 0.2) is 0 Å². The minimum absolute atomic E-state index is 0.114. The molecule has 0 unspecified atom stereocenters. The zero-order valence-corrected chi connectivity index (χ0v) is 22.3. The lowest BCUT2D eigenvalue weighted by molar-refractivity contribution is 0.661. The number of benzene rings is 6. The predicted molar refractivity (Wildman–Crippen MR) is 166 cm³/mol. The van der Waals surface area contributed by atoms with Crippen molar-refractivity contribution in [3.05, 3.63) is 127 Å². The largest absolute Gasteiger partial charge is 0.309 e. The highest BCUT2D eigenvalue weighted by Crippen LogP contribution is 2.52. The second-order valence-corrected chi connectivity index (χ2v) is 11.5. The van der Waals surface area contributed by atoms with Crippen LogP contribution < -0.4 is 0 Å². The third-order valence-corrected chi connectivity index (χ3v) is 9.06. The first-order valence-electron chi connectivity index (χ1n) is 13.8. The molecule has 1 aliphatic rings. The van der Waals surface area contributed by atoms with Crippen LogP contribution in [0.3, 0.4) is 0 Å². The lowest BCUT2D eigenvalue weighted by atomic mass is 9.81. The van der Waals surface area contributed by atoms with Crippen LogP contribution in [0.5, 0.6) is 0 Å². The van der Waals surface area contributed by atoms with E-state index < -0.39 is 0 Å². The normalized spacial score (nSPS) is 13.9. The molecule has 3 heteroatoms. The summed E-state index contributed by atoms with van der Waals surface area (Å²) in [5.74, 6) is 0. The van der Waals surface area contributed by atoms with Crippen LogP contribution in [0, 0.1) is 0 Å². The number of hydrogen-bond acceptors (Lipinski definition) is 2. The topological polar surface area (TPSA) is 30.7 Å². The lowest BCUT2D eigenvalue weighted by Crippen LogP contribution is -2.15. The molecule has 0 atom stereocenters. The van der Waals surface area contributed by atoms with E-state index >= 15 is 0 Å². The van der Waals surface area contributed by atoms with Crippen molar-refractivity contribution in [3.8, 4) is 16.8 Å². The van der Waals surface area contributed by atoms with Gasteiger partial charge in [0.1, 0.15) is 0 Å². The molecule has 0 N–H and O–H groups in total. The van der Waals surface area contributed by atoms with Crippen LogP contribution in [0.4, 0.5) is 0 Å². The van der Waals surface area contributed by atoms with Gasteiger partial charge in [-0.3, -0.25) is 9.97 Å². The summed E-state index contributed by atoms with van der Waals surface area (Å²) in [5, 5.41) is 7.34. The summed E-state index contributed by atoms with van der Waals surface area (Å²) in [7, 11) is 0. The van der Waals surface area contributed by atoms with Crippen molar-refractivity contribution in [2.24, 2.45) is 0 Å². The molecule has 0 amide bonds. The Kier molecular flexibility index (Phi) is 4.13. The van der Waals surface area contributed by atoms with Gasteiger partial charge in [-0.05, 0) is 69.4 Å². The van der Waals surface area contributed by atoms with Crippen molar-refractivity contribution in [1.82, 2.24) is 14.5 Å². The third kappa shape index (κ3) is 2.69. The van der Waals surface area contributed by atoms with Crippen molar-refractivity contribution in [3.63, 3.8) is 0 Å². The number of nitrogens with zero attached hydrogens (tertiary/aromatic N) is 3. The molecule has 1 aliphatic carbocycles. The Labute approximate surface area is 231 Å². The summed E-state index contributed by atoms with van der Waals surface area (Å²) < 4.78 is 2.41. The van der Waals surface area contributed by atoms with Gasteiger partial charge in [0.05, 0.1) is 22.1 Å². The number of aromatic nitrogens is 3. The van der Waals surface area contributed by atoms with Gasteiger partial charge in [-0.25, -0.2) is 0 Å². The molecule has 0 bridgehead atoms. The summed E-state index contributed by atoms with van der Waals surface area (Å²) in [6.07, 6.45) is 3.60. The van der Waals surface area contributed by atoms with Crippen LogP contribution in [0.15, 0.2) is 116 Å². The van der Waals surface area contributed by atoms with Gasteiger partial charge in [0.25, 0.3) is 0 Å². The molecule has 0 saturated heterocycles. The van der Waals surface area contributed by atoms with Crippen LogP contribution in [-0.4, -0.2) is 14.5 Å². The Hall–Kier alpha value is -5.02. The zero-order valence-electron chi connectivity index (χ0n) is 22.3. The Morgan fingerprint density at radius 3 is 1.77 bits per heavy atom. The minimum Gasteiger partial charge on any atom is -0.309 e. The molecule has 188 valence electrons. The fraction of sp³-hybridized carbons (Fsp3) is 0.0811. The van der Waals surface area contributed by atoms with Crippen LogP contribution in [0.2, 0.25) is 0 Å². The summed E-state index contributed by atoms with van der Waals surface area (Å²) in [6, 6.07) is 37.8. The molecule has 2 heterocycles. The molecule has 0 aliphatic heterocycles. The number of hydrogen-bond donors (Lipinski definition) is 0. The van der Waals surface area contributed by atoms with E-state index in [1.807, 2.05) is 6.20 Å². The van der Waals surface area contributed by atoms with Crippen LogP contribution in [0.25, 0.3) is 71.2 Å². The quantitative estimate of drug-likeness (QED) is 0.206. The molecule has 40 heavy (non-hydrogen) atoms. The fourth-order valence-corrected chi connectivity index (χ4v) is 7.20. The minimum atomic E-state index is -0.114. The summed E-state index contributed by atoms with van der Waals surface area (Å²) in [5.41, 5.74) is 10.8. The SMILES string of the molecule is CC1(C)c2ccc(-n3c4ccccc4c4ccccc43)cc2-c2cc3c(cc21)c1ccccc1c1nccnc31. The average molecular weight is 512 g/mol. The first-order chi connectivity index (χ1) is 19.6. The molecule has 0 fully saturated rings. The molecule has 0 saturated carbocycles.